The lowest BCUT2D eigenvalue weighted by Gasteiger charge is -2.36. The second-order valence-corrected chi connectivity index (χ2v) is 7.61. The summed E-state index contributed by atoms with van der Waals surface area (Å²) in [5.74, 6) is 0.909. The molecule has 0 radical (unpaired) electrons. The molecule has 0 bridgehead atoms. The number of nitrogens with zero attached hydrogens (tertiary/aromatic N) is 4. The van der Waals surface area contributed by atoms with Crippen LogP contribution in [0.25, 0.3) is 0 Å². The number of fused-ring (bicyclic) bond motifs is 1. The van der Waals surface area contributed by atoms with Crippen molar-refractivity contribution in [3.8, 4) is 0 Å². The van der Waals surface area contributed by atoms with E-state index in [9.17, 15) is 9.90 Å². The maximum atomic E-state index is 12.9. The number of benzene rings is 1. The average molecular weight is 437 g/mol. The highest BCUT2D eigenvalue weighted by molar-refractivity contribution is 9.10. The molecule has 0 aliphatic carbocycles. The molecule has 0 saturated heterocycles. The quantitative estimate of drug-likeness (QED) is 0.675. The lowest BCUT2D eigenvalue weighted by Crippen LogP contribution is -2.52. The van der Waals surface area contributed by atoms with Crippen molar-refractivity contribution in [3.05, 3.63) is 45.8 Å². The maximum absolute atomic E-state index is 12.9. The van der Waals surface area contributed by atoms with Gasteiger partial charge in [-0.2, -0.15) is 0 Å². The minimum Gasteiger partial charge on any atom is -0.374 e. The second kappa shape index (κ2) is 8.41. The highest BCUT2D eigenvalue weighted by Gasteiger charge is 2.37. The Morgan fingerprint density at radius 1 is 1.30 bits per heavy atom. The van der Waals surface area contributed by atoms with Gasteiger partial charge in [0.25, 0.3) is 5.91 Å². The van der Waals surface area contributed by atoms with Gasteiger partial charge in [0.1, 0.15) is 12.4 Å². The monoisotopic (exact) mass is 436 g/mol. The third-order valence-electron chi connectivity index (χ3n) is 4.68. The Bertz CT molecular complexity index is 823. The summed E-state index contributed by atoms with van der Waals surface area (Å²) in [6, 6.07) is 7.95. The van der Waals surface area contributed by atoms with Gasteiger partial charge in [0.2, 0.25) is 6.35 Å². The number of imidazole rings is 1. The minimum atomic E-state index is -1.03. The van der Waals surface area contributed by atoms with Gasteiger partial charge in [-0.25, -0.2) is 4.98 Å². The summed E-state index contributed by atoms with van der Waals surface area (Å²) in [7, 11) is 3.31. The Morgan fingerprint density at radius 3 is 2.78 bits per heavy atom. The number of amides is 1. The van der Waals surface area contributed by atoms with E-state index in [0.717, 1.165) is 22.9 Å². The van der Waals surface area contributed by atoms with E-state index in [-0.39, 0.29) is 5.91 Å². The van der Waals surface area contributed by atoms with Crippen LogP contribution in [-0.2, 0) is 17.9 Å². The molecule has 1 aromatic heterocycles. The summed E-state index contributed by atoms with van der Waals surface area (Å²) in [6.07, 6.45) is 1.00. The largest absolute Gasteiger partial charge is 0.374 e. The van der Waals surface area contributed by atoms with Crippen LogP contribution in [0, 0.1) is 0 Å². The first kappa shape index (κ1) is 19.9. The van der Waals surface area contributed by atoms with Crippen molar-refractivity contribution in [2.45, 2.75) is 39.3 Å². The Balaban J connectivity index is 2.00. The Labute approximate surface area is 167 Å². The Morgan fingerprint density at radius 2 is 2.07 bits per heavy atom. The molecule has 3 rings (SSSR count). The number of rotatable bonds is 7. The second-order valence-electron chi connectivity index (χ2n) is 6.70. The van der Waals surface area contributed by atoms with Crippen molar-refractivity contribution in [1.29, 1.82) is 0 Å². The van der Waals surface area contributed by atoms with Gasteiger partial charge in [0.15, 0.2) is 11.5 Å². The van der Waals surface area contributed by atoms with Gasteiger partial charge >= 0.3 is 0 Å². The Kier molecular flexibility index (Phi) is 6.18. The zero-order chi connectivity index (χ0) is 19.6. The SMILES string of the molecule is CCCCOCc1nc2c(n1Cc1cccc(Br)c1)C(=O)N(C)C(O)N2C. The van der Waals surface area contributed by atoms with E-state index in [1.165, 1.54) is 4.90 Å². The van der Waals surface area contributed by atoms with E-state index in [1.54, 1.807) is 19.0 Å². The maximum Gasteiger partial charge on any atom is 0.277 e. The standard InChI is InChI=1S/C19H25BrN4O3/c1-4-5-9-27-12-15-21-17-16(18(25)23(3)19(26)22(17)2)24(15)11-13-7-6-8-14(20)10-13/h6-8,10,19,26H,4-5,9,11-12H2,1-3H3. The fourth-order valence-corrected chi connectivity index (χ4v) is 3.54. The first-order chi connectivity index (χ1) is 12.9. The molecular weight excluding hydrogens is 412 g/mol. The predicted octanol–water partition coefficient (Wildman–Crippen LogP) is 2.81. The van der Waals surface area contributed by atoms with Crippen LogP contribution < -0.4 is 4.90 Å². The topological polar surface area (TPSA) is 70.8 Å². The van der Waals surface area contributed by atoms with Crippen LogP contribution in [0.5, 0.6) is 0 Å². The first-order valence-corrected chi connectivity index (χ1v) is 9.83. The smallest absolute Gasteiger partial charge is 0.277 e. The molecule has 1 amide bonds. The molecule has 0 fully saturated rings. The summed E-state index contributed by atoms with van der Waals surface area (Å²) in [6.45, 7) is 3.58. The van der Waals surface area contributed by atoms with E-state index in [4.69, 9.17) is 4.74 Å². The molecule has 2 heterocycles. The van der Waals surface area contributed by atoms with E-state index in [2.05, 4.69) is 27.8 Å². The molecule has 1 aromatic carbocycles. The van der Waals surface area contributed by atoms with Gasteiger partial charge in [-0.05, 0) is 24.1 Å². The predicted molar refractivity (Wildman–Crippen MR) is 107 cm³/mol. The molecule has 1 atom stereocenters. The van der Waals surface area contributed by atoms with E-state index >= 15 is 0 Å². The molecule has 1 aliphatic rings. The molecule has 1 aliphatic heterocycles. The van der Waals surface area contributed by atoms with Crippen LogP contribution in [0.3, 0.4) is 0 Å². The molecule has 8 heteroatoms. The lowest BCUT2D eigenvalue weighted by atomic mass is 10.2. The third-order valence-corrected chi connectivity index (χ3v) is 5.17. The summed E-state index contributed by atoms with van der Waals surface area (Å²) >= 11 is 3.49. The number of hydrogen-bond donors (Lipinski definition) is 1. The van der Waals surface area contributed by atoms with Crippen molar-refractivity contribution >= 4 is 27.7 Å². The van der Waals surface area contributed by atoms with Gasteiger partial charge in [0.05, 0.1) is 0 Å². The number of aliphatic hydroxyl groups excluding tert-OH is 1. The number of aliphatic hydroxyl groups is 1. The van der Waals surface area contributed by atoms with Crippen molar-refractivity contribution in [1.82, 2.24) is 14.5 Å². The lowest BCUT2D eigenvalue weighted by molar-refractivity contribution is 0.0152. The van der Waals surface area contributed by atoms with Crippen LogP contribution in [0.1, 0.15) is 41.6 Å². The molecular formula is C19H25BrN4O3. The number of carbonyl (C=O) groups is 1. The van der Waals surface area contributed by atoms with Crippen LogP contribution in [0.2, 0.25) is 0 Å². The molecule has 146 valence electrons. The van der Waals surface area contributed by atoms with E-state index in [0.29, 0.717) is 37.1 Å². The number of halogens is 1. The molecule has 0 spiro atoms. The summed E-state index contributed by atoms with van der Waals surface area (Å²) in [4.78, 5) is 20.4. The van der Waals surface area contributed by atoms with E-state index < -0.39 is 6.35 Å². The van der Waals surface area contributed by atoms with Crippen LogP contribution in [0.15, 0.2) is 28.7 Å². The zero-order valence-electron chi connectivity index (χ0n) is 15.9. The summed E-state index contributed by atoms with van der Waals surface area (Å²) in [5.41, 5.74) is 1.52. The van der Waals surface area contributed by atoms with Crippen LogP contribution in [0.4, 0.5) is 5.82 Å². The fourth-order valence-electron chi connectivity index (χ4n) is 3.09. The van der Waals surface area contributed by atoms with E-state index in [1.807, 2.05) is 28.8 Å². The fraction of sp³-hybridized carbons (Fsp3) is 0.474. The number of carbonyl (C=O) groups excluding carboxylic acids is 1. The van der Waals surface area contributed by atoms with Crippen LogP contribution in [-0.4, -0.2) is 52.5 Å². The van der Waals surface area contributed by atoms with Gasteiger partial charge in [0, 0.05) is 31.7 Å². The average Bonchev–Trinajstić information content (AvgIpc) is 3.00. The zero-order valence-corrected chi connectivity index (χ0v) is 17.4. The summed E-state index contributed by atoms with van der Waals surface area (Å²) < 4.78 is 8.64. The molecule has 27 heavy (non-hydrogen) atoms. The summed E-state index contributed by atoms with van der Waals surface area (Å²) in [5, 5.41) is 10.3. The molecule has 0 saturated carbocycles. The minimum absolute atomic E-state index is 0.252. The number of aromatic nitrogens is 2. The number of hydrogen-bond acceptors (Lipinski definition) is 5. The van der Waals surface area contributed by atoms with Gasteiger partial charge in [-0.1, -0.05) is 41.4 Å². The van der Waals surface area contributed by atoms with Crippen molar-refractivity contribution in [3.63, 3.8) is 0 Å². The highest BCUT2D eigenvalue weighted by Crippen LogP contribution is 2.30. The molecule has 1 unspecified atom stereocenters. The first-order valence-electron chi connectivity index (χ1n) is 9.03. The highest BCUT2D eigenvalue weighted by atomic mass is 79.9. The number of anilines is 1. The number of unbranched alkanes of at least 4 members (excludes halogenated alkanes) is 1. The number of ether oxygens (including phenoxy) is 1. The van der Waals surface area contributed by atoms with Gasteiger partial charge < -0.3 is 19.3 Å². The van der Waals surface area contributed by atoms with Crippen molar-refractivity contribution < 1.29 is 14.6 Å². The van der Waals surface area contributed by atoms with Gasteiger partial charge in [-0.3, -0.25) is 9.69 Å². The van der Waals surface area contributed by atoms with Crippen molar-refractivity contribution in [2.75, 3.05) is 25.6 Å². The van der Waals surface area contributed by atoms with Crippen LogP contribution >= 0.6 is 15.9 Å². The van der Waals surface area contributed by atoms with Gasteiger partial charge in [-0.15, -0.1) is 0 Å². The molecule has 7 nitrogen and oxygen atoms in total. The Hall–Kier alpha value is -1.90. The molecule has 2 aromatic rings. The normalized spacial score (nSPS) is 16.8. The molecule has 1 N–H and O–H groups in total. The third kappa shape index (κ3) is 4.02. The van der Waals surface area contributed by atoms with Crippen molar-refractivity contribution in [2.24, 2.45) is 0 Å².